The second-order valence-electron chi connectivity index (χ2n) is 8.09. The minimum Gasteiger partial charge on any atom is -0.454 e. The number of hydrazone groups is 1. The number of rotatable bonds is 8. The van der Waals surface area contributed by atoms with Gasteiger partial charge in [-0.05, 0) is 63.8 Å². The molecule has 1 heterocycles. The van der Waals surface area contributed by atoms with Crippen molar-refractivity contribution in [3.8, 4) is 11.5 Å². The first-order chi connectivity index (χ1) is 16.8. The first-order valence-electron chi connectivity index (χ1n) is 10.8. The Bertz CT molecular complexity index is 1340. The maximum atomic E-state index is 13.4. The predicted molar refractivity (Wildman–Crippen MR) is 138 cm³/mol. The van der Waals surface area contributed by atoms with Crippen LogP contribution in [0.4, 0.5) is 5.69 Å². The molecule has 35 heavy (non-hydrogen) atoms. The first-order valence-corrected chi connectivity index (χ1v) is 13.1. The predicted octanol–water partition coefficient (Wildman–Crippen LogP) is 4.65. The zero-order valence-electron chi connectivity index (χ0n) is 19.1. The van der Waals surface area contributed by atoms with Crippen LogP contribution in [0, 0.1) is 0 Å². The van der Waals surface area contributed by atoms with Crippen molar-refractivity contribution < 1.29 is 22.7 Å². The molecule has 3 aromatic rings. The summed E-state index contributed by atoms with van der Waals surface area (Å²) < 4.78 is 39.3. The van der Waals surface area contributed by atoms with E-state index in [2.05, 4.69) is 40.3 Å². The molecule has 0 unspecified atom stereocenters. The van der Waals surface area contributed by atoms with Crippen molar-refractivity contribution in [2.75, 3.05) is 17.6 Å². The zero-order valence-corrected chi connectivity index (χ0v) is 21.5. The van der Waals surface area contributed by atoms with Gasteiger partial charge >= 0.3 is 0 Å². The van der Waals surface area contributed by atoms with Gasteiger partial charge in [0.25, 0.3) is 15.9 Å². The molecule has 182 valence electrons. The summed E-state index contributed by atoms with van der Waals surface area (Å²) in [5.74, 6) is 0.885. The molecule has 0 saturated carbocycles. The highest BCUT2D eigenvalue weighted by Crippen LogP contribution is 2.36. The maximum absolute atomic E-state index is 13.4. The molecular formula is C25H24BrN3O5S. The highest BCUT2D eigenvalue weighted by molar-refractivity contribution is 9.10. The summed E-state index contributed by atoms with van der Waals surface area (Å²) in [6.07, 6.45) is 1.44. The van der Waals surface area contributed by atoms with Gasteiger partial charge in [0.15, 0.2) is 11.5 Å². The van der Waals surface area contributed by atoms with E-state index in [9.17, 15) is 13.2 Å². The quantitative estimate of drug-likeness (QED) is 0.321. The van der Waals surface area contributed by atoms with Gasteiger partial charge in [0.1, 0.15) is 6.54 Å². The Morgan fingerprint density at radius 1 is 1.09 bits per heavy atom. The van der Waals surface area contributed by atoms with E-state index >= 15 is 0 Å². The summed E-state index contributed by atoms with van der Waals surface area (Å²) in [5, 5.41) is 3.99. The van der Waals surface area contributed by atoms with Crippen molar-refractivity contribution >= 4 is 43.8 Å². The minimum atomic E-state index is -3.99. The lowest BCUT2D eigenvalue weighted by Crippen LogP contribution is -2.39. The van der Waals surface area contributed by atoms with Crippen molar-refractivity contribution in [3.05, 3.63) is 82.3 Å². The molecule has 0 radical (unpaired) electrons. The maximum Gasteiger partial charge on any atom is 0.264 e. The minimum absolute atomic E-state index is 0.0912. The van der Waals surface area contributed by atoms with Crippen LogP contribution in [0.25, 0.3) is 0 Å². The van der Waals surface area contributed by atoms with Crippen LogP contribution in [0.2, 0.25) is 0 Å². The fourth-order valence-corrected chi connectivity index (χ4v) is 5.30. The number of amides is 1. The van der Waals surface area contributed by atoms with Crippen LogP contribution in [0.3, 0.4) is 0 Å². The molecule has 1 aliphatic heterocycles. The molecule has 10 heteroatoms. The Hall–Kier alpha value is -3.37. The number of fused-ring (bicyclic) bond motifs is 1. The van der Waals surface area contributed by atoms with Gasteiger partial charge in [0.05, 0.1) is 16.8 Å². The molecule has 8 nitrogen and oxygen atoms in total. The lowest BCUT2D eigenvalue weighted by molar-refractivity contribution is -0.119. The number of halogens is 1. The Morgan fingerprint density at radius 2 is 1.74 bits per heavy atom. The number of nitrogens with zero attached hydrogens (tertiary/aromatic N) is 2. The SMILES string of the molecule is CC(C)c1ccc(N(CC(=O)N/N=C\c2cc3c(cc2Br)OCO3)S(=O)(=O)c2ccccc2)cc1. The summed E-state index contributed by atoms with van der Waals surface area (Å²) in [6.45, 7) is 3.80. The Morgan fingerprint density at radius 3 is 2.40 bits per heavy atom. The van der Waals surface area contributed by atoms with Crippen LogP contribution in [0.5, 0.6) is 11.5 Å². The average Bonchev–Trinajstić information content (AvgIpc) is 3.30. The van der Waals surface area contributed by atoms with Crippen molar-refractivity contribution in [2.45, 2.75) is 24.7 Å². The summed E-state index contributed by atoms with van der Waals surface area (Å²) in [7, 11) is -3.99. The number of anilines is 1. The number of hydrogen-bond acceptors (Lipinski definition) is 6. The summed E-state index contributed by atoms with van der Waals surface area (Å²) >= 11 is 3.43. The smallest absolute Gasteiger partial charge is 0.264 e. The number of carbonyl (C=O) groups is 1. The van der Waals surface area contributed by atoms with E-state index < -0.39 is 22.5 Å². The standard InChI is InChI=1S/C25H24BrN3O5S/c1-17(2)18-8-10-20(11-9-18)29(35(31,32)21-6-4-3-5-7-21)15-25(30)28-27-14-19-12-23-24(13-22(19)26)34-16-33-23/h3-14,17H,15-16H2,1-2H3,(H,28,30)/b27-14-. The Labute approximate surface area is 212 Å². The van der Waals surface area contributed by atoms with Crippen LogP contribution in [-0.2, 0) is 14.8 Å². The van der Waals surface area contributed by atoms with E-state index in [4.69, 9.17) is 9.47 Å². The van der Waals surface area contributed by atoms with Gasteiger partial charge in [-0.2, -0.15) is 5.10 Å². The fourth-order valence-electron chi connectivity index (χ4n) is 3.43. The molecule has 0 aliphatic carbocycles. The van der Waals surface area contributed by atoms with Crippen molar-refractivity contribution in [2.24, 2.45) is 5.10 Å². The van der Waals surface area contributed by atoms with E-state index in [1.165, 1.54) is 18.3 Å². The van der Waals surface area contributed by atoms with E-state index in [1.807, 2.05) is 12.1 Å². The molecular weight excluding hydrogens is 534 g/mol. The van der Waals surface area contributed by atoms with E-state index in [0.29, 0.717) is 27.2 Å². The van der Waals surface area contributed by atoms with Gasteiger partial charge < -0.3 is 9.47 Å². The van der Waals surface area contributed by atoms with Crippen LogP contribution in [0.15, 0.2) is 81.2 Å². The summed E-state index contributed by atoms with van der Waals surface area (Å²) in [6, 6.07) is 18.6. The third-order valence-corrected chi connectivity index (χ3v) is 7.83. The molecule has 0 spiro atoms. The normalized spacial score (nSPS) is 12.8. The molecule has 1 N–H and O–H groups in total. The number of hydrogen-bond donors (Lipinski definition) is 1. The lowest BCUT2D eigenvalue weighted by atomic mass is 10.0. The van der Waals surface area contributed by atoms with Crippen LogP contribution in [-0.4, -0.2) is 33.9 Å². The molecule has 1 aliphatic rings. The van der Waals surface area contributed by atoms with Crippen molar-refractivity contribution in [3.63, 3.8) is 0 Å². The number of sulfonamides is 1. The highest BCUT2D eigenvalue weighted by atomic mass is 79.9. The molecule has 0 atom stereocenters. The number of ether oxygens (including phenoxy) is 2. The monoisotopic (exact) mass is 557 g/mol. The molecule has 3 aromatic carbocycles. The van der Waals surface area contributed by atoms with Gasteiger partial charge in [-0.3, -0.25) is 9.10 Å². The topological polar surface area (TPSA) is 97.3 Å². The fraction of sp³-hybridized carbons (Fsp3) is 0.200. The largest absolute Gasteiger partial charge is 0.454 e. The Kier molecular flexibility index (Phi) is 7.42. The lowest BCUT2D eigenvalue weighted by Gasteiger charge is -2.24. The Balaban J connectivity index is 1.55. The number of carbonyl (C=O) groups excluding carboxylic acids is 1. The summed E-state index contributed by atoms with van der Waals surface area (Å²) in [5.41, 5.74) is 4.52. The number of nitrogens with one attached hydrogen (secondary N) is 1. The van der Waals surface area contributed by atoms with Gasteiger partial charge in [-0.15, -0.1) is 0 Å². The average molecular weight is 558 g/mol. The van der Waals surface area contributed by atoms with E-state index in [-0.39, 0.29) is 17.6 Å². The molecule has 4 rings (SSSR count). The second kappa shape index (κ2) is 10.5. The van der Waals surface area contributed by atoms with Crippen LogP contribution < -0.4 is 19.2 Å². The first kappa shape index (κ1) is 24.7. The van der Waals surface area contributed by atoms with Gasteiger partial charge in [0.2, 0.25) is 6.79 Å². The second-order valence-corrected chi connectivity index (χ2v) is 10.8. The molecule has 0 bridgehead atoms. The zero-order chi connectivity index (χ0) is 25.0. The third kappa shape index (κ3) is 5.66. The van der Waals surface area contributed by atoms with E-state index in [1.54, 1.807) is 42.5 Å². The van der Waals surface area contributed by atoms with Gasteiger partial charge in [-0.25, -0.2) is 13.8 Å². The number of benzene rings is 3. The summed E-state index contributed by atoms with van der Waals surface area (Å²) in [4.78, 5) is 12.8. The van der Waals surface area contributed by atoms with Crippen LogP contribution in [0.1, 0.15) is 30.9 Å². The van der Waals surface area contributed by atoms with Crippen molar-refractivity contribution in [1.29, 1.82) is 0 Å². The third-order valence-electron chi connectivity index (χ3n) is 5.35. The van der Waals surface area contributed by atoms with Gasteiger partial charge in [0, 0.05) is 10.0 Å². The van der Waals surface area contributed by atoms with Gasteiger partial charge in [-0.1, -0.05) is 44.2 Å². The highest BCUT2D eigenvalue weighted by Gasteiger charge is 2.27. The molecule has 0 fully saturated rings. The van der Waals surface area contributed by atoms with E-state index in [0.717, 1.165) is 9.87 Å². The van der Waals surface area contributed by atoms with Crippen molar-refractivity contribution in [1.82, 2.24) is 5.43 Å². The molecule has 1 amide bonds. The molecule has 0 aromatic heterocycles. The molecule has 0 saturated heterocycles. The van der Waals surface area contributed by atoms with Crippen LogP contribution >= 0.6 is 15.9 Å².